The molecule has 1 fully saturated rings. The summed E-state index contributed by atoms with van der Waals surface area (Å²) in [7, 11) is 3.96. The van der Waals surface area contributed by atoms with Gasteiger partial charge in [-0.1, -0.05) is 0 Å². The van der Waals surface area contributed by atoms with E-state index >= 15 is 0 Å². The monoisotopic (exact) mass is 387 g/mol. The molecule has 3 rings (SSSR count). The summed E-state index contributed by atoms with van der Waals surface area (Å²) in [5.74, 6) is 1.87. The molecule has 0 aromatic carbocycles. The Morgan fingerprint density at radius 2 is 2.04 bits per heavy atom. The zero-order valence-corrected chi connectivity index (χ0v) is 17.2. The van der Waals surface area contributed by atoms with E-state index in [-0.39, 0.29) is 0 Å². The molecule has 0 atom stereocenters. The molecule has 2 aromatic heterocycles. The molecule has 7 nitrogen and oxygen atoms in total. The highest BCUT2D eigenvalue weighted by Gasteiger charge is 2.15. The molecule has 0 bridgehead atoms. The number of hydrogen-bond acceptors (Lipinski definition) is 6. The van der Waals surface area contributed by atoms with Crippen LogP contribution in [0.3, 0.4) is 0 Å². The van der Waals surface area contributed by atoms with E-state index in [1.165, 1.54) is 10.4 Å². The third-order valence-corrected chi connectivity index (χ3v) is 5.59. The maximum atomic E-state index is 4.55. The number of nitrogens with one attached hydrogen (secondary N) is 2. The van der Waals surface area contributed by atoms with Gasteiger partial charge < -0.3 is 20.4 Å². The zero-order chi connectivity index (χ0) is 19.1. The fourth-order valence-electron chi connectivity index (χ4n) is 2.99. The van der Waals surface area contributed by atoms with Gasteiger partial charge in [-0.2, -0.15) is 0 Å². The van der Waals surface area contributed by atoms with Gasteiger partial charge in [-0.05, 0) is 31.7 Å². The van der Waals surface area contributed by atoms with Crippen molar-refractivity contribution in [2.45, 2.75) is 19.9 Å². The Hall–Kier alpha value is -2.19. The summed E-state index contributed by atoms with van der Waals surface area (Å²) in [6.07, 6.45) is 4.72. The van der Waals surface area contributed by atoms with E-state index < -0.39 is 0 Å². The Morgan fingerprint density at radius 3 is 2.74 bits per heavy atom. The molecular formula is C19H29N7S. The highest BCUT2D eigenvalue weighted by molar-refractivity contribution is 7.11. The molecule has 1 aliphatic heterocycles. The van der Waals surface area contributed by atoms with Crippen LogP contribution in [0.4, 0.5) is 5.82 Å². The Morgan fingerprint density at radius 1 is 1.22 bits per heavy atom. The molecule has 8 heteroatoms. The van der Waals surface area contributed by atoms with Crippen LogP contribution in [0.1, 0.15) is 15.4 Å². The van der Waals surface area contributed by atoms with Gasteiger partial charge in [0.15, 0.2) is 5.96 Å². The molecule has 2 N–H and O–H groups in total. The number of aliphatic imine (C=N–C) groups is 1. The normalized spacial score (nSPS) is 15.8. The molecule has 0 unspecified atom stereocenters. The topological polar surface area (TPSA) is 68.7 Å². The largest absolute Gasteiger partial charge is 0.356 e. The first-order valence-electron chi connectivity index (χ1n) is 9.38. The lowest BCUT2D eigenvalue weighted by Crippen LogP contribution is -2.44. The van der Waals surface area contributed by atoms with Gasteiger partial charge in [0, 0.05) is 70.0 Å². The lowest BCUT2D eigenvalue weighted by Gasteiger charge is -2.33. The molecule has 3 heterocycles. The minimum atomic E-state index is 0.722. The lowest BCUT2D eigenvalue weighted by molar-refractivity contribution is 0.312. The number of thiazole rings is 1. The van der Waals surface area contributed by atoms with Gasteiger partial charge in [0.2, 0.25) is 0 Å². The molecule has 2 aromatic rings. The van der Waals surface area contributed by atoms with Crippen LogP contribution in [0.5, 0.6) is 0 Å². The number of hydrogen-bond donors (Lipinski definition) is 2. The van der Waals surface area contributed by atoms with Crippen molar-refractivity contribution in [2.75, 3.05) is 51.7 Å². The Kier molecular flexibility index (Phi) is 7.00. The van der Waals surface area contributed by atoms with Crippen LogP contribution >= 0.6 is 11.3 Å². The number of aromatic nitrogens is 2. The first-order chi connectivity index (χ1) is 13.1. The van der Waals surface area contributed by atoms with Crippen molar-refractivity contribution >= 4 is 23.1 Å². The Bertz CT molecular complexity index is 750. The molecule has 0 spiro atoms. The van der Waals surface area contributed by atoms with Gasteiger partial charge in [0.1, 0.15) is 5.82 Å². The summed E-state index contributed by atoms with van der Waals surface area (Å²) in [4.78, 5) is 19.2. The lowest BCUT2D eigenvalue weighted by atomic mass is 10.2. The van der Waals surface area contributed by atoms with Gasteiger partial charge in [0.25, 0.3) is 0 Å². The molecule has 146 valence electrons. The fraction of sp³-hybridized carbons (Fsp3) is 0.526. The van der Waals surface area contributed by atoms with E-state index in [2.05, 4.69) is 61.5 Å². The summed E-state index contributed by atoms with van der Waals surface area (Å²) in [5, 5.41) is 7.89. The van der Waals surface area contributed by atoms with Gasteiger partial charge in [0.05, 0.1) is 5.01 Å². The number of pyridine rings is 1. The van der Waals surface area contributed by atoms with Crippen molar-refractivity contribution in [2.24, 2.45) is 4.99 Å². The van der Waals surface area contributed by atoms with Crippen LogP contribution in [0.25, 0.3) is 0 Å². The summed E-state index contributed by atoms with van der Waals surface area (Å²) in [6.45, 7) is 7.84. The maximum absolute atomic E-state index is 4.55. The second-order valence-corrected chi connectivity index (χ2v) is 8.10. The quantitative estimate of drug-likeness (QED) is 0.578. The van der Waals surface area contributed by atoms with E-state index in [1.807, 2.05) is 12.4 Å². The summed E-state index contributed by atoms with van der Waals surface area (Å²) < 4.78 is 0. The van der Waals surface area contributed by atoms with Crippen LogP contribution in [-0.2, 0) is 13.0 Å². The summed E-state index contributed by atoms with van der Waals surface area (Å²) in [6, 6.07) is 4.22. The number of guanidine groups is 1. The highest BCUT2D eigenvalue weighted by atomic mass is 32.1. The van der Waals surface area contributed by atoms with Crippen LogP contribution in [-0.4, -0.2) is 67.6 Å². The second kappa shape index (κ2) is 9.66. The van der Waals surface area contributed by atoms with E-state index in [0.717, 1.165) is 62.5 Å². The summed E-state index contributed by atoms with van der Waals surface area (Å²) >= 11 is 1.75. The number of nitrogens with zero attached hydrogens (tertiary/aromatic N) is 5. The molecule has 1 aliphatic rings. The van der Waals surface area contributed by atoms with Crippen molar-refractivity contribution < 1.29 is 0 Å². The zero-order valence-electron chi connectivity index (χ0n) is 16.4. The van der Waals surface area contributed by atoms with Crippen LogP contribution in [0, 0.1) is 6.92 Å². The Balaban J connectivity index is 1.47. The van der Waals surface area contributed by atoms with Crippen molar-refractivity contribution in [1.82, 2.24) is 25.5 Å². The van der Waals surface area contributed by atoms with Crippen molar-refractivity contribution in [1.29, 1.82) is 0 Å². The Labute approximate surface area is 165 Å². The third kappa shape index (κ3) is 5.90. The molecule has 1 saturated heterocycles. The van der Waals surface area contributed by atoms with E-state index in [4.69, 9.17) is 0 Å². The minimum absolute atomic E-state index is 0.722. The van der Waals surface area contributed by atoms with Gasteiger partial charge in [-0.3, -0.25) is 4.99 Å². The predicted octanol–water partition coefficient (Wildman–Crippen LogP) is 1.51. The van der Waals surface area contributed by atoms with E-state index in [1.54, 1.807) is 18.4 Å². The first-order valence-corrected chi connectivity index (χ1v) is 10.2. The molecule has 27 heavy (non-hydrogen) atoms. The van der Waals surface area contributed by atoms with Crippen molar-refractivity contribution in [3.63, 3.8) is 0 Å². The van der Waals surface area contributed by atoms with Crippen LogP contribution in [0.2, 0.25) is 0 Å². The van der Waals surface area contributed by atoms with E-state index in [9.17, 15) is 0 Å². The molecule has 0 aliphatic carbocycles. The predicted molar refractivity (Wildman–Crippen MR) is 113 cm³/mol. The van der Waals surface area contributed by atoms with Gasteiger partial charge in [-0.15, -0.1) is 11.3 Å². The number of anilines is 1. The van der Waals surface area contributed by atoms with E-state index in [0.29, 0.717) is 0 Å². The maximum Gasteiger partial charge on any atom is 0.191 e. The third-order valence-electron chi connectivity index (χ3n) is 4.62. The summed E-state index contributed by atoms with van der Waals surface area (Å²) in [5.41, 5.74) is 1.21. The fourth-order valence-corrected chi connectivity index (χ4v) is 3.78. The van der Waals surface area contributed by atoms with Crippen LogP contribution < -0.4 is 15.5 Å². The average molecular weight is 388 g/mol. The standard InChI is InChI=1S/C19H29N7S/c1-15-13-23-18(27-15)5-7-22-19(20-2)24-14-16-4-6-21-17(12-16)26-10-8-25(3)9-11-26/h4,6,12-13H,5,7-11,14H2,1-3H3,(H2,20,22,24). The first kappa shape index (κ1) is 19.6. The minimum Gasteiger partial charge on any atom is -0.356 e. The molecule has 0 saturated carbocycles. The van der Waals surface area contributed by atoms with Gasteiger partial charge in [-0.25, -0.2) is 9.97 Å². The number of aryl methyl sites for hydroxylation is 1. The van der Waals surface area contributed by atoms with Crippen molar-refractivity contribution in [3.8, 4) is 0 Å². The highest BCUT2D eigenvalue weighted by Crippen LogP contribution is 2.14. The van der Waals surface area contributed by atoms with Gasteiger partial charge >= 0.3 is 0 Å². The second-order valence-electron chi connectivity index (χ2n) is 6.78. The van der Waals surface area contributed by atoms with Crippen molar-refractivity contribution in [3.05, 3.63) is 40.0 Å². The molecule has 0 amide bonds. The molecule has 0 radical (unpaired) electrons. The number of piperazine rings is 1. The average Bonchev–Trinajstić information content (AvgIpc) is 3.10. The number of likely N-dealkylation sites (N-methyl/N-ethyl adjacent to an activating group) is 1. The van der Waals surface area contributed by atoms with Crippen LogP contribution in [0.15, 0.2) is 29.5 Å². The number of rotatable bonds is 6. The SMILES string of the molecule is CN=C(NCCc1ncc(C)s1)NCc1ccnc(N2CCN(C)CC2)c1. The smallest absolute Gasteiger partial charge is 0.191 e. The molecular weight excluding hydrogens is 358 g/mol.